The number of fused-ring (bicyclic) bond motifs is 3. The van der Waals surface area contributed by atoms with Gasteiger partial charge >= 0.3 is 5.97 Å². The molecule has 8 heteroatoms. The number of amides is 1. The Hall–Kier alpha value is -2.45. The number of nitrogens with zero attached hydrogens (tertiary/aromatic N) is 2. The molecule has 31 heavy (non-hydrogen) atoms. The fourth-order valence-electron chi connectivity index (χ4n) is 3.99. The van der Waals surface area contributed by atoms with Gasteiger partial charge in [0, 0.05) is 16.0 Å². The fourth-order valence-corrected chi connectivity index (χ4v) is 6.15. The van der Waals surface area contributed by atoms with Crippen LogP contribution in [-0.4, -0.2) is 32.7 Å². The number of aromatic nitrogens is 2. The van der Waals surface area contributed by atoms with Crippen LogP contribution >= 0.6 is 23.1 Å². The second-order valence-electron chi connectivity index (χ2n) is 8.89. The molecule has 1 atom stereocenters. The number of thiophene rings is 1. The van der Waals surface area contributed by atoms with Crippen LogP contribution in [0.3, 0.4) is 0 Å². The lowest BCUT2D eigenvalue weighted by Gasteiger charge is -2.33. The first-order chi connectivity index (χ1) is 14.7. The van der Waals surface area contributed by atoms with Gasteiger partial charge in [-0.2, -0.15) is 0 Å². The Balaban J connectivity index is 1.49. The first-order valence-corrected chi connectivity index (χ1v) is 12.0. The molecule has 0 bridgehead atoms. The number of aryl methyl sites for hydroxylation is 1. The number of nitrogens with one attached hydrogen (secondary N) is 1. The van der Waals surface area contributed by atoms with Gasteiger partial charge in [-0.1, -0.05) is 38.6 Å². The molecule has 2 N–H and O–H groups in total. The highest BCUT2D eigenvalue weighted by molar-refractivity contribution is 8.00. The van der Waals surface area contributed by atoms with Gasteiger partial charge in [0.05, 0.1) is 11.3 Å². The Morgan fingerprint density at radius 2 is 2.10 bits per heavy atom. The van der Waals surface area contributed by atoms with E-state index in [9.17, 15) is 9.59 Å². The number of carbonyl (C=O) groups is 2. The first-order valence-electron chi connectivity index (χ1n) is 10.2. The third-order valence-electron chi connectivity index (χ3n) is 5.77. The largest absolute Gasteiger partial charge is 0.478 e. The molecule has 1 amide bonds. The number of rotatable bonds is 5. The topological polar surface area (TPSA) is 92.2 Å². The predicted octanol–water partition coefficient (Wildman–Crippen LogP) is 5.27. The van der Waals surface area contributed by atoms with Gasteiger partial charge in [0.25, 0.3) is 0 Å². The molecule has 162 valence electrons. The zero-order chi connectivity index (χ0) is 22.2. The average molecular weight is 456 g/mol. The maximum absolute atomic E-state index is 12.5. The second-order valence-corrected chi connectivity index (χ2v) is 10.9. The number of hydrogen-bond acceptors (Lipinski definition) is 6. The van der Waals surface area contributed by atoms with E-state index < -0.39 is 5.97 Å². The molecule has 1 aliphatic carbocycles. The molecular weight excluding hydrogens is 430 g/mol. The SMILES string of the molecule is CC(C)(C)[C@H]1CCc2c(sc3ncnc(SCC(=O)Nc4cccc(C(=O)O)c4)c23)C1. The summed E-state index contributed by atoms with van der Waals surface area (Å²) < 4.78 is 0. The van der Waals surface area contributed by atoms with Crippen LogP contribution in [0.2, 0.25) is 0 Å². The summed E-state index contributed by atoms with van der Waals surface area (Å²) in [6.45, 7) is 6.92. The zero-order valence-corrected chi connectivity index (χ0v) is 19.4. The molecule has 4 rings (SSSR count). The number of carboxylic acids is 1. The van der Waals surface area contributed by atoms with Gasteiger partial charge in [-0.25, -0.2) is 14.8 Å². The van der Waals surface area contributed by atoms with E-state index in [0.29, 0.717) is 11.6 Å². The molecule has 0 saturated heterocycles. The lowest BCUT2D eigenvalue weighted by Crippen LogP contribution is -2.26. The van der Waals surface area contributed by atoms with E-state index in [1.165, 1.54) is 34.3 Å². The van der Waals surface area contributed by atoms with E-state index in [1.54, 1.807) is 29.8 Å². The van der Waals surface area contributed by atoms with Crippen molar-refractivity contribution in [1.82, 2.24) is 9.97 Å². The smallest absolute Gasteiger partial charge is 0.335 e. The van der Waals surface area contributed by atoms with E-state index in [4.69, 9.17) is 5.11 Å². The Kier molecular flexibility index (Phi) is 6.03. The van der Waals surface area contributed by atoms with Crippen molar-refractivity contribution >= 4 is 50.9 Å². The van der Waals surface area contributed by atoms with Crippen molar-refractivity contribution in [2.24, 2.45) is 11.3 Å². The maximum atomic E-state index is 12.5. The van der Waals surface area contributed by atoms with Crippen LogP contribution in [0.1, 0.15) is 48.0 Å². The molecule has 1 aliphatic rings. The lowest BCUT2D eigenvalue weighted by molar-refractivity contribution is -0.113. The summed E-state index contributed by atoms with van der Waals surface area (Å²) >= 11 is 3.15. The van der Waals surface area contributed by atoms with Crippen LogP contribution in [0.4, 0.5) is 5.69 Å². The standard InChI is InChI=1S/C23H25N3O3S2/c1-23(2,3)14-7-8-16-17(10-14)31-21-19(16)20(24-12-25-21)30-11-18(27)26-15-6-4-5-13(9-15)22(28)29/h4-6,9,12,14H,7-8,10-11H2,1-3H3,(H,26,27)(H,28,29)/t14-/m0/s1. The summed E-state index contributed by atoms with van der Waals surface area (Å²) in [6.07, 6.45) is 4.82. The van der Waals surface area contributed by atoms with Crippen LogP contribution in [0.15, 0.2) is 35.6 Å². The summed E-state index contributed by atoms with van der Waals surface area (Å²) in [4.78, 5) is 34.9. The van der Waals surface area contributed by atoms with Gasteiger partial charge < -0.3 is 10.4 Å². The highest BCUT2D eigenvalue weighted by Crippen LogP contribution is 2.44. The van der Waals surface area contributed by atoms with Gasteiger partial charge in [-0.15, -0.1) is 11.3 Å². The molecule has 2 aromatic heterocycles. The normalized spacial score (nSPS) is 16.2. The number of thioether (sulfide) groups is 1. The van der Waals surface area contributed by atoms with E-state index in [0.717, 1.165) is 34.5 Å². The van der Waals surface area contributed by atoms with Crippen molar-refractivity contribution in [1.29, 1.82) is 0 Å². The van der Waals surface area contributed by atoms with Gasteiger partial charge in [-0.3, -0.25) is 4.79 Å². The molecular formula is C23H25N3O3S2. The molecule has 0 unspecified atom stereocenters. The monoisotopic (exact) mass is 455 g/mol. The van der Waals surface area contributed by atoms with Crippen molar-refractivity contribution in [3.8, 4) is 0 Å². The second kappa shape index (κ2) is 8.59. The van der Waals surface area contributed by atoms with Crippen LogP contribution in [0.5, 0.6) is 0 Å². The number of anilines is 1. The molecule has 1 aromatic carbocycles. The minimum atomic E-state index is -1.02. The quantitative estimate of drug-likeness (QED) is 0.402. The van der Waals surface area contributed by atoms with E-state index in [-0.39, 0.29) is 22.6 Å². The maximum Gasteiger partial charge on any atom is 0.335 e. The fraction of sp³-hybridized carbons (Fsp3) is 0.391. The number of carbonyl (C=O) groups excluding carboxylic acids is 1. The molecule has 0 aliphatic heterocycles. The first kappa shape index (κ1) is 21.8. The van der Waals surface area contributed by atoms with Crippen molar-refractivity contribution in [3.63, 3.8) is 0 Å². The Bertz CT molecular complexity index is 1150. The molecule has 0 saturated carbocycles. The van der Waals surface area contributed by atoms with Gasteiger partial charge in [-0.05, 0) is 54.4 Å². The molecule has 0 radical (unpaired) electrons. The third kappa shape index (κ3) is 4.75. The zero-order valence-electron chi connectivity index (χ0n) is 17.8. The molecule has 0 fully saturated rings. The van der Waals surface area contributed by atoms with Gasteiger partial charge in [0.15, 0.2) is 0 Å². The Labute approximate surface area is 189 Å². The number of carboxylic acid groups (broad SMARTS) is 1. The molecule has 6 nitrogen and oxygen atoms in total. The summed E-state index contributed by atoms with van der Waals surface area (Å²) in [5.41, 5.74) is 2.24. The molecule has 0 spiro atoms. The average Bonchev–Trinajstić information content (AvgIpc) is 3.10. The molecule has 2 heterocycles. The van der Waals surface area contributed by atoms with Crippen LogP contribution in [-0.2, 0) is 17.6 Å². The summed E-state index contributed by atoms with van der Waals surface area (Å²) in [5.74, 6) is -0.371. The predicted molar refractivity (Wildman–Crippen MR) is 125 cm³/mol. The lowest BCUT2D eigenvalue weighted by atomic mass is 9.72. The number of benzene rings is 1. The van der Waals surface area contributed by atoms with Crippen molar-refractivity contribution in [2.45, 2.75) is 45.1 Å². The summed E-state index contributed by atoms with van der Waals surface area (Å²) in [6, 6.07) is 6.24. The van der Waals surface area contributed by atoms with Crippen LogP contribution in [0, 0.1) is 11.3 Å². The summed E-state index contributed by atoms with van der Waals surface area (Å²) in [5, 5.41) is 13.8. The van der Waals surface area contributed by atoms with E-state index >= 15 is 0 Å². The number of aromatic carboxylic acids is 1. The van der Waals surface area contributed by atoms with Crippen molar-refractivity contribution < 1.29 is 14.7 Å². The number of hydrogen-bond donors (Lipinski definition) is 2. The highest BCUT2D eigenvalue weighted by atomic mass is 32.2. The Morgan fingerprint density at radius 3 is 2.84 bits per heavy atom. The highest BCUT2D eigenvalue weighted by Gasteiger charge is 2.31. The van der Waals surface area contributed by atoms with E-state index in [2.05, 4.69) is 36.1 Å². The van der Waals surface area contributed by atoms with Gasteiger partial charge in [0.1, 0.15) is 16.2 Å². The van der Waals surface area contributed by atoms with Crippen LogP contribution in [0.25, 0.3) is 10.2 Å². The summed E-state index contributed by atoms with van der Waals surface area (Å²) in [7, 11) is 0. The van der Waals surface area contributed by atoms with E-state index in [1.807, 2.05) is 0 Å². The molecule has 3 aromatic rings. The van der Waals surface area contributed by atoms with Crippen molar-refractivity contribution in [2.75, 3.05) is 11.1 Å². The Morgan fingerprint density at radius 1 is 1.29 bits per heavy atom. The minimum absolute atomic E-state index is 0.140. The van der Waals surface area contributed by atoms with Gasteiger partial charge in [0.2, 0.25) is 5.91 Å². The van der Waals surface area contributed by atoms with Crippen LogP contribution < -0.4 is 5.32 Å². The minimum Gasteiger partial charge on any atom is -0.478 e. The van der Waals surface area contributed by atoms with Crippen molar-refractivity contribution in [3.05, 3.63) is 46.6 Å². The third-order valence-corrected chi connectivity index (χ3v) is 7.92.